The summed E-state index contributed by atoms with van der Waals surface area (Å²) in [6.45, 7) is 11.9. The zero-order valence-corrected chi connectivity index (χ0v) is 14.1. The lowest BCUT2D eigenvalue weighted by Gasteiger charge is -2.19. The normalized spacial score (nSPS) is 13.4. The summed E-state index contributed by atoms with van der Waals surface area (Å²) >= 11 is 0. The minimum Gasteiger partial charge on any atom is -0.306 e. The Morgan fingerprint density at radius 2 is 1.81 bits per heavy atom. The van der Waals surface area contributed by atoms with Crippen LogP contribution in [0.2, 0.25) is 0 Å². The predicted molar refractivity (Wildman–Crippen MR) is 88.3 cm³/mol. The van der Waals surface area contributed by atoms with Crippen molar-refractivity contribution in [1.29, 1.82) is 0 Å². The van der Waals surface area contributed by atoms with E-state index in [0.29, 0.717) is 6.04 Å². The van der Waals surface area contributed by atoms with Crippen molar-refractivity contribution in [3.63, 3.8) is 0 Å². The van der Waals surface area contributed by atoms with E-state index in [-0.39, 0.29) is 5.41 Å². The third-order valence-corrected chi connectivity index (χ3v) is 4.17. The summed E-state index contributed by atoms with van der Waals surface area (Å²) in [5, 5.41) is 7.88. The summed E-state index contributed by atoms with van der Waals surface area (Å²) in [7, 11) is 1.98. The maximum absolute atomic E-state index is 4.31. The molecule has 1 aromatic heterocycles. The van der Waals surface area contributed by atoms with Crippen LogP contribution in [0.1, 0.15) is 56.1 Å². The minimum atomic E-state index is 0.214. The van der Waals surface area contributed by atoms with Crippen molar-refractivity contribution in [2.75, 3.05) is 0 Å². The highest BCUT2D eigenvalue weighted by molar-refractivity contribution is 5.28. The summed E-state index contributed by atoms with van der Waals surface area (Å²) in [5.41, 5.74) is 5.40. The van der Waals surface area contributed by atoms with Gasteiger partial charge in [-0.1, -0.05) is 45.0 Å². The Morgan fingerprint density at radius 3 is 2.29 bits per heavy atom. The van der Waals surface area contributed by atoms with Gasteiger partial charge in [0.05, 0.1) is 6.20 Å². The highest BCUT2D eigenvalue weighted by Gasteiger charge is 2.14. The van der Waals surface area contributed by atoms with E-state index in [2.05, 4.69) is 69.3 Å². The van der Waals surface area contributed by atoms with Crippen molar-refractivity contribution >= 4 is 0 Å². The van der Waals surface area contributed by atoms with Crippen molar-refractivity contribution in [1.82, 2.24) is 15.1 Å². The first-order valence-corrected chi connectivity index (χ1v) is 7.60. The second-order valence-corrected chi connectivity index (χ2v) is 6.86. The van der Waals surface area contributed by atoms with Crippen molar-refractivity contribution < 1.29 is 0 Å². The molecule has 3 heteroatoms. The third-order valence-electron chi connectivity index (χ3n) is 4.17. The number of hydrogen-bond donors (Lipinski definition) is 1. The Balaban J connectivity index is 1.98. The van der Waals surface area contributed by atoms with Crippen LogP contribution < -0.4 is 5.32 Å². The fourth-order valence-electron chi connectivity index (χ4n) is 2.44. The second kappa shape index (κ2) is 6.02. The zero-order chi connectivity index (χ0) is 15.6. The molecule has 3 nitrogen and oxygen atoms in total. The lowest BCUT2D eigenvalue weighted by atomic mass is 9.87. The van der Waals surface area contributed by atoms with E-state index in [0.717, 1.165) is 6.54 Å². The number of benzene rings is 1. The summed E-state index contributed by atoms with van der Waals surface area (Å²) in [5.74, 6) is 0. The largest absolute Gasteiger partial charge is 0.306 e. The quantitative estimate of drug-likeness (QED) is 0.924. The second-order valence-electron chi connectivity index (χ2n) is 6.86. The molecule has 114 valence electrons. The average molecular weight is 285 g/mol. The van der Waals surface area contributed by atoms with E-state index >= 15 is 0 Å². The molecule has 1 aromatic carbocycles. The van der Waals surface area contributed by atoms with Gasteiger partial charge in [-0.3, -0.25) is 4.68 Å². The molecule has 2 rings (SSSR count). The van der Waals surface area contributed by atoms with E-state index in [4.69, 9.17) is 0 Å². The Hall–Kier alpha value is -1.61. The molecule has 21 heavy (non-hydrogen) atoms. The van der Waals surface area contributed by atoms with E-state index in [1.165, 1.54) is 22.4 Å². The molecule has 0 radical (unpaired) electrons. The molecule has 2 aromatic rings. The SMILES string of the molecule is Cc1c(C(C)NCc2ccc(C(C)(C)C)cc2)cnn1C. The Morgan fingerprint density at radius 1 is 1.19 bits per heavy atom. The first-order valence-electron chi connectivity index (χ1n) is 7.60. The molecular formula is C18H27N3. The topological polar surface area (TPSA) is 29.9 Å². The van der Waals surface area contributed by atoms with Gasteiger partial charge in [0.2, 0.25) is 0 Å². The van der Waals surface area contributed by atoms with Crippen LogP contribution in [0.3, 0.4) is 0 Å². The predicted octanol–water partition coefficient (Wildman–Crippen LogP) is 3.88. The van der Waals surface area contributed by atoms with Gasteiger partial charge in [0.25, 0.3) is 0 Å². The molecule has 0 aliphatic rings. The van der Waals surface area contributed by atoms with Crippen LogP contribution >= 0.6 is 0 Å². The van der Waals surface area contributed by atoms with Crippen molar-refractivity contribution in [2.24, 2.45) is 7.05 Å². The molecule has 0 amide bonds. The third kappa shape index (κ3) is 3.73. The molecule has 1 unspecified atom stereocenters. The maximum atomic E-state index is 4.31. The molecule has 1 N–H and O–H groups in total. The molecule has 1 heterocycles. The molecule has 0 aliphatic carbocycles. The van der Waals surface area contributed by atoms with E-state index in [1.54, 1.807) is 0 Å². The minimum absolute atomic E-state index is 0.214. The number of rotatable bonds is 4. The fourth-order valence-corrected chi connectivity index (χ4v) is 2.44. The summed E-state index contributed by atoms with van der Waals surface area (Å²) in [4.78, 5) is 0. The van der Waals surface area contributed by atoms with Crippen LogP contribution in [0, 0.1) is 6.92 Å². The summed E-state index contributed by atoms with van der Waals surface area (Å²) in [6.07, 6.45) is 1.95. The Bertz CT molecular complexity index is 588. The van der Waals surface area contributed by atoms with Crippen LogP contribution in [-0.2, 0) is 19.0 Å². The van der Waals surface area contributed by atoms with Gasteiger partial charge in [0.15, 0.2) is 0 Å². The molecule has 0 bridgehead atoms. The lowest BCUT2D eigenvalue weighted by molar-refractivity contribution is 0.568. The zero-order valence-electron chi connectivity index (χ0n) is 14.1. The van der Waals surface area contributed by atoms with Gasteiger partial charge in [0.1, 0.15) is 0 Å². The van der Waals surface area contributed by atoms with E-state index in [9.17, 15) is 0 Å². The summed E-state index contributed by atoms with van der Waals surface area (Å²) in [6, 6.07) is 9.21. The van der Waals surface area contributed by atoms with Crippen LogP contribution in [0.4, 0.5) is 0 Å². The number of hydrogen-bond acceptors (Lipinski definition) is 2. The maximum Gasteiger partial charge on any atom is 0.0540 e. The van der Waals surface area contributed by atoms with Crippen molar-refractivity contribution in [3.05, 3.63) is 52.8 Å². The standard InChI is InChI=1S/C18H27N3/c1-13(17-12-20-21(6)14(17)2)19-11-15-7-9-16(10-8-15)18(3,4)5/h7-10,12-13,19H,11H2,1-6H3. The van der Waals surface area contributed by atoms with E-state index in [1.807, 2.05) is 17.9 Å². The van der Waals surface area contributed by atoms with Gasteiger partial charge >= 0.3 is 0 Å². The number of aromatic nitrogens is 2. The average Bonchev–Trinajstić information content (AvgIpc) is 2.76. The van der Waals surface area contributed by atoms with Gasteiger partial charge in [-0.2, -0.15) is 5.10 Å². The molecule has 1 atom stereocenters. The van der Waals surface area contributed by atoms with Crippen LogP contribution in [0.25, 0.3) is 0 Å². The molecule has 0 spiro atoms. The van der Waals surface area contributed by atoms with Crippen LogP contribution in [0.5, 0.6) is 0 Å². The lowest BCUT2D eigenvalue weighted by Crippen LogP contribution is -2.19. The monoisotopic (exact) mass is 285 g/mol. The number of nitrogens with zero attached hydrogens (tertiary/aromatic N) is 2. The fraction of sp³-hybridized carbons (Fsp3) is 0.500. The molecule has 0 aliphatic heterocycles. The van der Waals surface area contributed by atoms with Crippen molar-refractivity contribution in [2.45, 2.75) is 52.6 Å². The molecule has 0 fully saturated rings. The van der Waals surface area contributed by atoms with Crippen molar-refractivity contribution in [3.8, 4) is 0 Å². The van der Waals surface area contributed by atoms with Gasteiger partial charge in [0, 0.05) is 30.9 Å². The summed E-state index contributed by atoms with van der Waals surface area (Å²) < 4.78 is 1.92. The van der Waals surface area contributed by atoms with Gasteiger partial charge in [-0.25, -0.2) is 0 Å². The number of nitrogens with one attached hydrogen (secondary N) is 1. The van der Waals surface area contributed by atoms with Crippen LogP contribution in [-0.4, -0.2) is 9.78 Å². The first-order chi connectivity index (χ1) is 9.79. The van der Waals surface area contributed by atoms with Gasteiger partial charge in [-0.05, 0) is 30.4 Å². The Labute approximate surface area is 128 Å². The Kier molecular flexibility index (Phi) is 4.52. The highest BCUT2D eigenvalue weighted by atomic mass is 15.3. The number of aryl methyl sites for hydroxylation is 1. The smallest absolute Gasteiger partial charge is 0.0540 e. The van der Waals surface area contributed by atoms with E-state index < -0.39 is 0 Å². The van der Waals surface area contributed by atoms with Crippen LogP contribution in [0.15, 0.2) is 30.5 Å². The molecular weight excluding hydrogens is 258 g/mol. The van der Waals surface area contributed by atoms with Gasteiger partial charge < -0.3 is 5.32 Å². The highest BCUT2D eigenvalue weighted by Crippen LogP contribution is 2.22. The first kappa shape index (κ1) is 15.8. The molecule has 0 saturated carbocycles. The van der Waals surface area contributed by atoms with Gasteiger partial charge in [-0.15, -0.1) is 0 Å². The molecule has 0 saturated heterocycles.